The number of hydrogen-bond donors (Lipinski definition) is 2. The maximum Gasteiger partial charge on any atom is 0.184 e. The molecular weight excluding hydrogens is 603 g/mol. The highest BCUT2D eigenvalue weighted by molar-refractivity contribution is 6.24. The highest BCUT2D eigenvalue weighted by Crippen LogP contribution is 2.33. The Labute approximate surface area is 299 Å². The number of rotatable bonds is 17. The Morgan fingerprint density at radius 1 is 0.939 bits per heavy atom. The van der Waals surface area contributed by atoms with Crippen molar-refractivity contribution < 1.29 is 4.42 Å². The lowest BCUT2D eigenvalue weighted by Gasteiger charge is -2.37. The van der Waals surface area contributed by atoms with Gasteiger partial charge in [0.15, 0.2) is 5.84 Å². The van der Waals surface area contributed by atoms with E-state index >= 15 is 0 Å². The molecule has 1 aliphatic carbocycles. The molecule has 0 bridgehead atoms. The monoisotopic (exact) mass is 668 g/mol. The molecule has 6 heteroatoms. The second-order valence-corrected chi connectivity index (χ2v) is 10.0. The Kier molecular flexibility index (Phi) is 28.1. The minimum atomic E-state index is -0.0506. The molecule has 0 spiro atoms. The zero-order chi connectivity index (χ0) is 37.5. The summed E-state index contributed by atoms with van der Waals surface area (Å²) < 4.78 is 6.40. The van der Waals surface area contributed by atoms with Crippen molar-refractivity contribution in [1.82, 2.24) is 5.43 Å². The average Bonchev–Trinajstić information content (AvgIpc) is 3.49. The van der Waals surface area contributed by atoms with Gasteiger partial charge in [0.2, 0.25) is 0 Å². The van der Waals surface area contributed by atoms with Crippen molar-refractivity contribution in [3.8, 4) is 0 Å². The van der Waals surface area contributed by atoms with Crippen LogP contribution in [0.3, 0.4) is 0 Å². The van der Waals surface area contributed by atoms with E-state index in [-0.39, 0.29) is 5.54 Å². The number of hydrazone groups is 1. The fourth-order valence-corrected chi connectivity index (χ4v) is 4.40. The average molecular weight is 668 g/mol. The van der Waals surface area contributed by atoms with Crippen LogP contribution >= 0.6 is 0 Å². The summed E-state index contributed by atoms with van der Waals surface area (Å²) in [4.78, 5) is 9.10. The molecule has 0 amide bonds. The molecule has 1 aromatic rings. The first-order valence-electron chi connectivity index (χ1n) is 17.7. The standard InChI is InChI=1S/C37H47N5O.3C2H6/c1-8-15-21-34-31(13-6)32(14-7)35(43-34)33(19-10-3)36(42-41-26-22-29(11-4)18-9-2)40-28-39-27-30(12-5)20-16-23-37(38)24-17-25-37;3*1-2/h8-9,11-16,18-20,22,26-28,41H,2,4,6-7,10,17,21,23-25,38H2,1,3,5H3;3*1-2H3/b15-8-,20-16-,26-22+,29-18+,30-12+,33-19+,39-27?,40-28?,42-36-;;;. The van der Waals surface area contributed by atoms with Crippen LogP contribution in [0, 0.1) is 0 Å². The van der Waals surface area contributed by atoms with Crippen molar-refractivity contribution >= 4 is 36.1 Å². The fourth-order valence-electron chi connectivity index (χ4n) is 4.40. The number of nitrogens with one attached hydrogen (secondary N) is 1. The fraction of sp³-hybridized carbons (Fsp3) is 0.372. The second-order valence-electron chi connectivity index (χ2n) is 10.0. The van der Waals surface area contributed by atoms with E-state index in [1.54, 1.807) is 36.7 Å². The third-order valence-corrected chi connectivity index (χ3v) is 6.96. The normalized spacial score (nSPS) is 14.9. The van der Waals surface area contributed by atoms with Crippen molar-refractivity contribution in [1.29, 1.82) is 0 Å². The predicted molar refractivity (Wildman–Crippen MR) is 223 cm³/mol. The second kappa shape index (κ2) is 29.6. The Bertz CT molecular complexity index is 1400. The molecule has 0 atom stereocenters. The molecule has 0 aromatic carbocycles. The molecule has 268 valence electrons. The summed E-state index contributed by atoms with van der Waals surface area (Å²) in [7, 11) is 0. The van der Waals surface area contributed by atoms with Crippen molar-refractivity contribution in [2.75, 3.05) is 0 Å². The molecule has 1 aromatic heterocycles. The lowest BCUT2D eigenvalue weighted by atomic mass is 9.75. The zero-order valence-electron chi connectivity index (χ0n) is 32.1. The number of aliphatic imine (C=N–C) groups is 2. The van der Waals surface area contributed by atoms with Gasteiger partial charge in [0.05, 0.1) is 5.57 Å². The van der Waals surface area contributed by atoms with Gasteiger partial charge in [-0.1, -0.05) is 142 Å². The van der Waals surface area contributed by atoms with Gasteiger partial charge >= 0.3 is 0 Å². The molecule has 3 N–H and O–H groups in total. The van der Waals surface area contributed by atoms with Crippen LogP contribution in [0.1, 0.15) is 117 Å². The summed E-state index contributed by atoms with van der Waals surface area (Å²) in [6, 6.07) is 0. The molecule has 0 saturated heterocycles. The van der Waals surface area contributed by atoms with Gasteiger partial charge < -0.3 is 10.2 Å². The van der Waals surface area contributed by atoms with E-state index in [4.69, 9.17) is 10.2 Å². The molecule has 0 aliphatic heterocycles. The van der Waals surface area contributed by atoms with E-state index in [0.29, 0.717) is 23.6 Å². The molecule has 1 heterocycles. The van der Waals surface area contributed by atoms with Crippen molar-refractivity contribution in [3.63, 3.8) is 0 Å². The van der Waals surface area contributed by atoms with Gasteiger partial charge in [-0.25, -0.2) is 9.98 Å². The van der Waals surface area contributed by atoms with Crippen LogP contribution in [0.2, 0.25) is 0 Å². The first kappa shape index (κ1) is 46.6. The summed E-state index contributed by atoms with van der Waals surface area (Å²) in [5, 5.41) is 4.59. The van der Waals surface area contributed by atoms with Crippen molar-refractivity contribution in [3.05, 3.63) is 127 Å². The molecule has 1 saturated carbocycles. The van der Waals surface area contributed by atoms with Crippen molar-refractivity contribution in [2.45, 2.75) is 106 Å². The Balaban J connectivity index is 0. The highest BCUT2D eigenvalue weighted by Gasteiger charge is 2.30. The van der Waals surface area contributed by atoms with Crippen LogP contribution in [0.25, 0.3) is 17.7 Å². The van der Waals surface area contributed by atoms with Crippen LogP contribution in [0.15, 0.2) is 124 Å². The lowest BCUT2D eigenvalue weighted by Crippen LogP contribution is -2.45. The van der Waals surface area contributed by atoms with Gasteiger partial charge in [-0.3, -0.25) is 5.43 Å². The maximum atomic E-state index is 6.40. The molecule has 0 unspecified atom stereocenters. The van der Waals surface area contributed by atoms with E-state index in [2.05, 4.69) is 59.8 Å². The molecule has 2 rings (SSSR count). The SMILES string of the molecule is C=C/C=C(C=C)/C=C/N/N=C(N=CN=CC(/C=C\CC1(N)CCC1)=C/C)/C(=C/CC)c1oc(C/C=C\C)c(C=C)c1C=C.CC.CC.CC. The third kappa shape index (κ3) is 16.9. The predicted octanol–water partition coefficient (Wildman–Crippen LogP) is 12.1. The Hall–Kier alpha value is -4.55. The molecule has 49 heavy (non-hydrogen) atoms. The third-order valence-electron chi connectivity index (χ3n) is 6.96. The van der Waals surface area contributed by atoms with Crippen LogP contribution in [0.4, 0.5) is 0 Å². The van der Waals surface area contributed by atoms with Crippen molar-refractivity contribution in [2.24, 2.45) is 20.8 Å². The zero-order valence-corrected chi connectivity index (χ0v) is 32.1. The molecule has 0 radical (unpaired) electrons. The molecule has 6 nitrogen and oxygen atoms in total. The van der Waals surface area contributed by atoms with E-state index in [1.807, 2.05) is 97.9 Å². The summed E-state index contributed by atoms with van der Waals surface area (Å²) in [5.74, 6) is 1.82. The number of furan rings is 1. The summed E-state index contributed by atoms with van der Waals surface area (Å²) in [6.45, 7) is 33.6. The van der Waals surface area contributed by atoms with Crippen LogP contribution in [-0.2, 0) is 6.42 Å². The minimum Gasteiger partial charge on any atom is -0.459 e. The van der Waals surface area contributed by atoms with Gasteiger partial charge in [-0.2, -0.15) is 5.10 Å². The van der Waals surface area contributed by atoms with E-state index in [0.717, 1.165) is 53.7 Å². The van der Waals surface area contributed by atoms with Crippen LogP contribution < -0.4 is 11.2 Å². The minimum absolute atomic E-state index is 0.0506. The first-order chi connectivity index (χ1) is 23.9. The first-order valence-corrected chi connectivity index (χ1v) is 17.7. The number of hydrogen-bond acceptors (Lipinski definition) is 4. The summed E-state index contributed by atoms with van der Waals surface area (Å²) in [5.41, 5.74) is 13.6. The molecular formula is C43H65N5O. The van der Waals surface area contributed by atoms with Crippen LogP contribution in [-0.4, -0.2) is 23.9 Å². The highest BCUT2D eigenvalue weighted by atomic mass is 16.3. The number of nitrogens with two attached hydrogens (primary N) is 1. The van der Waals surface area contributed by atoms with Gasteiger partial charge in [-0.05, 0) is 63.2 Å². The number of amidine groups is 1. The van der Waals surface area contributed by atoms with E-state index < -0.39 is 0 Å². The Morgan fingerprint density at radius 3 is 2.12 bits per heavy atom. The van der Waals surface area contributed by atoms with E-state index in [9.17, 15) is 0 Å². The van der Waals surface area contributed by atoms with Gasteiger partial charge in [-0.15, -0.1) is 0 Å². The quantitative estimate of drug-likeness (QED) is 0.0569. The topological polar surface area (TPSA) is 88.3 Å². The Morgan fingerprint density at radius 2 is 1.61 bits per heavy atom. The maximum absolute atomic E-state index is 6.40. The van der Waals surface area contributed by atoms with E-state index in [1.165, 1.54) is 12.8 Å². The molecule has 1 fully saturated rings. The van der Waals surface area contributed by atoms with Gasteiger partial charge in [0.25, 0.3) is 0 Å². The summed E-state index contributed by atoms with van der Waals surface area (Å²) >= 11 is 0. The smallest absolute Gasteiger partial charge is 0.184 e. The largest absolute Gasteiger partial charge is 0.459 e. The lowest BCUT2D eigenvalue weighted by molar-refractivity contribution is 0.252. The van der Waals surface area contributed by atoms with Gasteiger partial charge in [0.1, 0.15) is 17.9 Å². The number of allylic oxidation sites excluding steroid dienone is 11. The van der Waals surface area contributed by atoms with Crippen LogP contribution in [0.5, 0.6) is 0 Å². The number of nitrogens with zero attached hydrogens (tertiary/aromatic N) is 3. The molecule has 1 aliphatic rings. The van der Waals surface area contributed by atoms with Gasteiger partial charge in [0, 0.05) is 35.5 Å². The summed E-state index contributed by atoms with van der Waals surface area (Å²) in [6.07, 6.45) is 33.5.